The molecule has 1 rings (SSSR count). The standard InChI is InChI=1S/C12H16ClNO4S/c1-8(15)3-6-12(16)14-11-7-9(19(2,17)18)4-5-10(11)13/h4-5,7-8,15H,3,6H2,1-2H3,(H,14,16). The zero-order valence-electron chi connectivity index (χ0n) is 10.7. The van der Waals surface area contributed by atoms with Gasteiger partial charge in [-0.2, -0.15) is 0 Å². The summed E-state index contributed by atoms with van der Waals surface area (Å²) in [7, 11) is -3.35. The van der Waals surface area contributed by atoms with Gasteiger partial charge in [-0.25, -0.2) is 8.42 Å². The molecule has 0 fully saturated rings. The van der Waals surface area contributed by atoms with Crippen molar-refractivity contribution >= 4 is 33.0 Å². The molecule has 106 valence electrons. The molecule has 5 nitrogen and oxygen atoms in total. The van der Waals surface area contributed by atoms with E-state index in [0.29, 0.717) is 6.42 Å². The van der Waals surface area contributed by atoms with Gasteiger partial charge in [0.05, 0.1) is 21.7 Å². The van der Waals surface area contributed by atoms with Crippen LogP contribution < -0.4 is 5.32 Å². The van der Waals surface area contributed by atoms with Gasteiger partial charge in [0.25, 0.3) is 0 Å². The molecule has 0 aliphatic heterocycles. The van der Waals surface area contributed by atoms with Gasteiger partial charge >= 0.3 is 0 Å². The zero-order chi connectivity index (χ0) is 14.6. The highest BCUT2D eigenvalue weighted by molar-refractivity contribution is 7.90. The van der Waals surface area contributed by atoms with E-state index in [1.54, 1.807) is 6.92 Å². The molecule has 7 heteroatoms. The van der Waals surface area contributed by atoms with E-state index in [9.17, 15) is 13.2 Å². The molecule has 1 amide bonds. The van der Waals surface area contributed by atoms with Gasteiger partial charge in [-0.15, -0.1) is 0 Å². The molecule has 0 bridgehead atoms. The average molecular weight is 306 g/mol. The van der Waals surface area contributed by atoms with Crippen molar-refractivity contribution in [2.45, 2.75) is 30.8 Å². The van der Waals surface area contributed by atoms with Crippen LogP contribution in [-0.2, 0) is 14.6 Å². The third-order valence-corrected chi connectivity index (χ3v) is 3.87. The quantitative estimate of drug-likeness (QED) is 0.869. The second-order valence-corrected chi connectivity index (χ2v) is 6.77. The summed E-state index contributed by atoms with van der Waals surface area (Å²) < 4.78 is 22.8. The maximum atomic E-state index is 11.6. The van der Waals surface area contributed by atoms with Crippen LogP contribution in [0.15, 0.2) is 23.1 Å². The second-order valence-electron chi connectivity index (χ2n) is 4.35. The van der Waals surface area contributed by atoms with E-state index in [2.05, 4.69) is 5.32 Å². The number of rotatable bonds is 5. The van der Waals surface area contributed by atoms with Crippen molar-refractivity contribution in [2.24, 2.45) is 0 Å². The van der Waals surface area contributed by atoms with Crippen LogP contribution in [0.3, 0.4) is 0 Å². The predicted octanol–water partition coefficient (Wildman–Crippen LogP) is 1.84. The van der Waals surface area contributed by atoms with Crippen LogP contribution in [0.5, 0.6) is 0 Å². The molecule has 2 N–H and O–H groups in total. The van der Waals surface area contributed by atoms with Crippen molar-refractivity contribution in [1.29, 1.82) is 0 Å². The van der Waals surface area contributed by atoms with E-state index < -0.39 is 15.9 Å². The Morgan fingerprint density at radius 3 is 2.63 bits per heavy atom. The second kappa shape index (κ2) is 6.36. The summed E-state index contributed by atoms with van der Waals surface area (Å²) in [5, 5.41) is 11.9. The Hall–Kier alpha value is -1.11. The molecule has 0 saturated heterocycles. The molecule has 1 aromatic rings. The molecule has 0 radical (unpaired) electrons. The number of carbonyl (C=O) groups is 1. The Bertz CT molecular complexity index is 569. The molecule has 1 atom stereocenters. The maximum absolute atomic E-state index is 11.6. The number of amides is 1. The van der Waals surface area contributed by atoms with E-state index >= 15 is 0 Å². The number of hydrogen-bond donors (Lipinski definition) is 2. The van der Waals surface area contributed by atoms with Gasteiger partial charge in [0.15, 0.2) is 9.84 Å². The summed E-state index contributed by atoms with van der Waals surface area (Å²) in [5.41, 5.74) is 0.250. The highest BCUT2D eigenvalue weighted by Crippen LogP contribution is 2.25. The third kappa shape index (κ3) is 5.18. The molecular formula is C12H16ClNO4S. The first-order valence-electron chi connectivity index (χ1n) is 5.67. The monoisotopic (exact) mass is 305 g/mol. The number of aliphatic hydroxyl groups is 1. The fraction of sp³-hybridized carbons (Fsp3) is 0.417. The molecule has 1 unspecified atom stereocenters. The largest absolute Gasteiger partial charge is 0.393 e. The number of nitrogens with one attached hydrogen (secondary N) is 1. The van der Waals surface area contributed by atoms with E-state index in [1.807, 2.05) is 0 Å². The number of sulfone groups is 1. The van der Waals surface area contributed by atoms with Crippen molar-refractivity contribution in [3.8, 4) is 0 Å². The lowest BCUT2D eigenvalue weighted by atomic mass is 10.2. The Labute approximate surface area is 117 Å². The van der Waals surface area contributed by atoms with Crippen molar-refractivity contribution in [2.75, 3.05) is 11.6 Å². The van der Waals surface area contributed by atoms with Crippen LogP contribution >= 0.6 is 11.6 Å². The van der Waals surface area contributed by atoms with Gasteiger partial charge in [-0.3, -0.25) is 4.79 Å². The third-order valence-electron chi connectivity index (χ3n) is 2.43. The van der Waals surface area contributed by atoms with Gasteiger partial charge in [0, 0.05) is 12.7 Å². The first-order valence-corrected chi connectivity index (χ1v) is 7.94. The lowest BCUT2D eigenvalue weighted by Gasteiger charge is -2.09. The lowest BCUT2D eigenvalue weighted by molar-refractivity contribution is -0.116. The summed E-state index contributed by atoms with van der Waals surface area (Å²) in [6.45, 7) is 1.59. The SMILES string of the molecule is CC(O)CCC(=O)Nc1cc(S(C)(=O)=O)ccc1Cl. The Morgan fingerprint density at radius 2 is 2.11 bits per heavy atom. The molecule has 0 aliphatic carbocycles. The van der Waals surface area contributed by atoms with Crippen molar-refractivity contribution in [3.63, 3.8) is 0 Å². The first-order chi connectivity index (χ1) is 8.70. The molecule has 0 spiro atoms. The highest BCUT2D eigenvalue weighted by atomic mass is 35.5. The molecule has 1 aromatic carbocycles. The Kier molecular flexibility index (Phi) is 5.34. The highest BCUT2D eigenvalue weighted by Gasteiger charge is 2.12. The summed E-state index contributed by atoms with van der Waals surface area (Å²) in [5.74, 6) is -0.326. The fourth-order valence-corrected chi connectivity index (χ4v) is 2.20. The van der Waals surface area contributed by atoms with Crippen molar-refractivity contribution in [1.82, 2.24) is 0 Å². The molecule has 19 heavy (non-hydrogen) atoms. The van der Waals surface area contributed by atoms with E-state index in [-0.39, 0.29) is 27.9 Å². The molecule has 0 saturated carbocycles. The summed E-state index contributed by atoms with van der Waals surface area (Å²) >= 11 is 5.89. The summed E-state index contributed by atoms with van der Waals surface area (Å²) in [4.78, 5) is 11.7. The van der Waals surface area contributed by atoms with Crippen molar-refractivity contribution < 1.29 is 18.3 Å². The van der Waals surface area contributed by atoms with Crippen LogP contribution in [0.4, 0.5) is 5.69 Å². The minimum absolute atomic E-state index is 0.0859. The molecule has 0 aromatic heterocycles. The Balaban J connectivity index is 2.86. The van der Waals surface area contributed by atoms with Gasteiger partial charge < -0.3 is 10.4 Å². The summed E-state index contributed by atoms with van der Waals surface area (Å²) in [6.07, 6.45) is 0.977. The maximum Gasteiger partial charge on any atom is 0.224 e. The average Bonchev–Trinajstić information content (AvgIpc) is 2.28. The lowest BCUT2D eigenvalue weighted by Crippen LogP contribution is -2.14. The van der Waals surface area contributed by atoms with Gasteiger partial charge in [0.1, 0.15) is 0 Å². The van der Waals surface area contributed by atoms with Crippen LogP contribution in [0.25, 0.3) is 0 Å². The van der Waals surface area contributed by atoms with Crippen LogP contribution in [0.1, 0.15) is 19.8 Å². The predicted molar refractivity (Wildman–Crippen MR) is 74.1 cm³/mol. The van der Waals surface area contributed by atoms with Gasteiger partial charge in [0.2, 0.25) is 5.91 Å². The van der Waals surface area contributed by atoms with Crippen LogP contribution in [-0.4, -0.2) is 31.8 Å². The number of hydrogen-bond acceptors (Lipinski definition) is 4. The molecule has 0 heterocycles. The smallest absolute Gasteiger partial charge is 0.224 e. The Morgan fingerprint density at radius 1 is 1.47 bits per heavy atom. The van der Waals surface area contributed by atoms with Gasteiger partial charge in [-0.05, 0) is 31.5 Å². The summed E-state index contributed by atoms with van der Waals surface area (Å²) in [6, 6.07) is 4.11. The number of carbonyl (C=O) groups excluding carboxylic acids is 1. The van der Waals surface area contributed by atoms with Gasteiger partial charge in [-0.1, -0.05) is 11.6 Å². The molecular weight excluding hydrogens is 290 g/mol. The van der Waals surface area contributed by atoms with E-state index in [4.69, 9.17) is 16.7 Å². The van der Waals surface area contributed by atoms with Crippen LogP contribution in [0, 0.1) is 0 Å². The fourth-order valence-electron chi connectivity index (χ4n) is 1.38. The minimum atomic E-state index is -3.35. The first kappa shape index (κ1) is 15.9. The normalized spacial score (nSPS) is 13.1. The topological polar surface area (TPSA) is 83.5 Å². The number of anilines is 1. The number of halogens is 1. The van der Waals surface area contributed by atoms with E-state index in [0.717, 1.165) is 6.26 Å². The van der Waals surface area contributed by atoms with E-state index in [1.165, 1.54) is 18.2 Å². The molecule has 0 aliphatic rings. The van der Waals surface area contributed by atoms with Crippen LogP contribution in [0.2, 0.25) is 5.02 Å². The van der Waals surface area contributed by atoms with Crippen molar-refractivity contribution in [3.05, 3.63) is 23.2 Å². The zero-order valence-corrected chi connectivity index (χ0v) is 12.3. The minimum Gasteiger partial charge on any atom is -0.393 e. The number of benzene rings is 1. The number of aliphatic hydroxyl groups excluding tert-OH is 1.